The van der Waals surface area contributed by atoms with Crippen LogP contribution in [0.1, 0.15) is 44.9 Å². The zero-order valence-electron chi connectivity index (χ0n) is 24.7. The highest BCUT2D eigenvalue weighted by Crippen LogP contribution is 2.33. The van der Waals surface area contributed by atoms with Gasteiger partial charge in [0, 0.05) is 31.0 Å². The minimum absolute atomic E-state index is 0.114. The third-order valence-electron chi connectivity index (χ3n) is 6.94. The van der Waals surface area contributed by atoms with Gasteiger partial charge in [-0.1, -0.05) is 6.42 Å². The Morgan fingerprint density at radius 3 is 2.24 bits per heavy atom. The predicted molar refractivity (Wildman–Crippen MR) is 157 cm³/mol. The quantitative estimate of drug-likeness (QED) is 0.0480. The maximum absolute atomic E-state index is 12.9. The lowest BCUT2D eigenvalue weighted by Gasteiger charge is -2.26. The normalized spacial score (nSPS) is 20.1. The molecule has 2 aliphatic rings. The fraction of sp³-hybridized carbons (Fsp3) is 0.852. The van der Waals surface area contributed by atoms with E-state index < -0.39 is 24.6 Å². The van der Waals surface area contributed by atoms with Gasteiger partial charge in [-0.25, -0.2) is 14.4 Å². The van der Waals surface area contributed by atoms with Crippen molar-refractivity contribution in [3.63, 3.8) is 0 Å². The first kappa shape index (κ1) is 36.2. The molecule has 2 rings (SSSR count). The molecule has 0 radical (unpaired) electrons. The van der Waals surface area contributed by atoms with Crippen LogP contribution < -0.4 is 22.1 Å². The van der Waals surface area contributed by atoms with Crippen LogP contribution in [-0.4, -0.2) is 131 Å². The van der Waals surface area contributed by atoms with E-state index in [0.29, 0.717) is 77.1 Å². The van der Waals surface area contributed by atoms with Gasteiger partial charge in [0.1, 0.15) is 12.6 Å². The predicted octanol–water partition coefficient (Wildman–Crippen LogP) is -0.237. The highest BCUT2D eigenvalue weighted by atomic mass is 32.2. The molecule has 3 amide bonds. The molecule has 2 aliphatic heterocycles. The van der Waals surface area contributed by atoms with E-state index in [-0.39, 0.29) is 43.7 Å². The summed E-state index contributed by atoms with van der Waals surface area (Å²) in [6.45, 7) is 3.11. The summed E-state index contributed by atoms with van der Waals surface area (Å²) in [5.41, 5.74) is 10.9. The van der Waals surface area contributed by atoms with Crippen LogP contribution in [0.25, 0.3) is 0 Å². The summed E-state index contributed by atoms with van der Waals surface area (Å²) in [7, 11) is 1.56. The van der Waals surface area contributed by atoms with Crippen LogP contribution >= 0.6 is 11.8 Å². The Kier molecular flexibility index (Phi) is 18.6. The summed E-state index contributed by atoms with van der Waals surface area (Å²) in [6.07, 6.45) is 4.30. The van der Waals surface area contributed by atoms with Crippen molar-refractivity contribution < 1.29 is 42.9 Å². The molecule has 0 bridgehead atoms. The van der Waals surface area contributed by atoms with E-state index in [4.69, 9.17) is 35.2 Å². The number of likely N-dealkylation sites (N-methyl/N-ethyl adjacent to an activating group) is 1. The fourth-order valence-electron chi connectivity index (χ4n) is 4.67. The molecule has 42 heavy (non-hydrogen) atoms. The Hall–Kier alpha value is -2.01. The molecular formula is C27H49N5O9S. The Morgan fingerprint density at radius 2 is 1.57 bits per heavy atom. The fourth-order valence-corrected chi connectivity index (χ4v) is 6.22. The van der Waals surface area contributed by atoms with Crippen molar-refractivity contribution in [2.45, 2.75) is 68.3 Å². The molecule has 6 N–H and O–H groups in total. The number of amides is 3. The van der Waals surface area contributed by atoms with Crippen LogP contribution in [0.3, 0.4) is 0 Å². The molecule has 4 atom stereocenters. The number of hydrogen-bond donors (Lipinski definition) is 4. The summed E-state index contributed by atoms with van der Waals surface area (Å²) in [5.74, 6) is -0.905. The molecule has 242 valence electrons. The second-order valence-electron chi connectivity index (χ2n) is 10.1. The van der Waals surface area contributed by atoms with Crippen molar-refractivity contribution in [1.29, 1.82) is 0 Å². The lowest BCUT2D eigenvalue weighted by Crippen LogP contribution is -2.44. The second-order valence-corrected chi connectivity index (χ2v) is 11.4. The maximum Gasteiger partial charge on any atom is 0.339 e. The molecule has 0 saturated carbocycles. The third-order valence-corrected chi connectivity index (χ3v) is 8.45. The summed E-state index contributed by atoms with van der Waals surface area (Å²) in [5, 5.41) is 6.23. The van der Waals surface area contributed by atoms with E-state index in [0.717, 1.165) is 18.6 Å². The van der Waals surface area contributed by atoms with Crippen molar-refractivity contribution in [2.24, 2.45) is 11.5 Å². The first-order valence-corrected chi connectivity index (χ1v) is 15.8. The van der Waals surface area contributed by atoms with E-state index in [1.54, 1.807) is 7.05 Å². The number of ether oxygens (including phenoxy) is 5. The number of nitrogens with two attached hydrogens (primary N) is 2. The van der Waals surface area contributed by atoms with Gasteiger partial charge in [-0.2, -0.15) is 11.8 Å². The topological polar surface area (TPSA) is 194 Å². The number of carbonyl (C=O) groups is 4. The molecule has 2 fully saturated rings. The summed E-state index contributed by atoms with van der Waals surface area (Å²) in [4.78, 5) is 50.9. The molecule has 2 heterocycles. The highest BCUT2D eigenvalue weighted by Gasteiger charge is 2.42. The zero-order valence-corrected chi connectivity index (χ0v) is 25.5. The van der Waals surface area contributed by atoms with Crippen molar-refractivity contribution in [3.8, 4) is 0 Å². The van der Waals surface area contributed by atoms with Gasteiger partial charge in [0.15, 0.2) is 0 Å². The van der Waals surface area contributed by atoms with Gasteiger partial charge in [-0.3, -0.25) is 4.79 Å². The third kappa shape index (κ3) is 14.0. The Labute approximate surface area is 252 Å². The number of unbranched alkanes of at least 4 members (excludes halogenated alkanes) is 2. The number of esters is 2. The van der Waals surface area contributed by atoms with E-state index in [1.165, 1.54) is 4.90 Å². The van der Waals surface area contributed by atoms with Crippen LogP contribution in [-0.2, 0) is 38.1 Å². The number of fused-ring (bicyclic) bond motifs is 1. The SMILES string of the molecule is CN(C(=O)CCCC[C@@H]1SC[C@@H]2NC(=O)N[C@@H]21)[C@@H](CCCCN)C(=O)OC(=O)COCCOCCOCCOCCN. The van der Waals surface area contributed by atoms with Crippen LogP contribution in [0.4, 0.5) is 4.79 Å². The minimum Gasteiger partial charge on any atom is -0.390 e. The highest BCUT2D eigenvalue weighted by molar-refractivity contribution is 8.00. The van der Waals surface area contributed by atoms with Crippen LogP contribution in [0.15, 0.2) is 0 Å². The Balaban J connectivity index is 1.62. The number of carbonyl (C=O) groups excluding carboxylic acids is 4. The summed E-state index contributed by atoms with van der Waals surface area (Å²) >= 11 is 1.84. The van der Waals surface area contributed by atoms with E-state index in [1.807, 2.05) is 11.8 Å². The van der Waals surface area contributed by atoms with Gasteiger partial charge in [-0.15, -0.1) is 0 Å². The van der Waals surface area contributed by atoms with E-state index >= 15 is 0 Å². The standard InChI is InChI=1S/C27H49N5O9S/c1-32(23(33)8-3-2-7-22-25-20(19-42-22)30-27(36)31-25)21(6-4-5-9-28)26(35)41-24(34)18-40-17-16-39-15-14-38-13-12-37-11-10-29/h20-22,25H,2-19,28-29H2,1H3,(H2,30,31,36)/t20-,21-,22-,25-/m0/s1. The number of hydrogen-bond acceptors (Lipinski definition) is 12. The minimum atomic E-state index is -0.886. The molecular weight excluding hydrogens is 570 g/mol. The molecule has 14 nitrogen and oxygen atoms in total. The molecule has 0 spiro atoms. The Morgan fingerprint density at radius 1 is 0.905 bits per heavy atom. The second kappa shape index (κ2) is 21.6. The lowest BCUT2D eigenvalue weighted by atomic mass is 10.0. The number of thioether (sulfide) groups is 1. The maximum atomic E-state index is 12.9. The van der Waals surface area contributed by atoms with Gasteiger partial charge in [0.25, 0.3) is 0 Å². The average Bonchev–Trinajstić information content (AvgIpc) is 3.52. The van der Waals surface area contributed by atoms with Gasteiger partial charge >= 0.3 is 18.0 Å². The Bertz CT molecular complexity index is 825. The van der Waals surface area contributed by atoms with Crippen molar-refractivity contribution in [1.82, 2.24) is 15.5 Å². The summed E-state index contributed by atoms with van der Waals surface area (Å²) < 4.78 is 26.1. The first-order chi connectivity index (χ1) is 20.4. The van der Waals surface area contributed by atoms with Crippen molar-refractivity contribution >= 4 is 35.6 Å². The average molecular weight is 620 g/mol. The van der Waals surface area contributed by atoms with E-state index in [9.17, 15) is 19.2 Å². The number of nitrogens with one attached hydrogen (secondary N) is 2. The van der Waals surface area contributed by atoms with Gasteiger partial charge in [0.2, 0.25) is 5.91 Å². The molecule has 0 aromatic heterocycles. The van der Waals surface area contributed by atoms with Crippen LogP contribution in [0.2, 0.25) is 0 Å². The largest absolute Gasteiger partial charge is 0.390 e. The van der Waals surface area contributed by atoms with Crippen LogP contribution in [0.5, 0.6) is 0 Å². The first-order valence-electron chi connectivity index (χ1n) is 14.8. The van der Waals surface area contributed by atoms with E-state index in [2.05, 4.69) is 10.6 Å². The molecule has 15 heteroatoms. The number of rotatable bonds is 24. The molecule has 2 saturated heterocycles. The molecule has 0 aliphatic carbocycles. The van der Waals surface area contributed by atoms with Gasteiger partial charge in [0.05, 0.1) is 58.3 Å². The lowest BCUT2D eigenvalue weighted by molar-refractivity contribution is -0.168. The smallest absolute Gasteiger partial charge is 0.339 e. The number of urea groups is 1. The van der Waals surface area contributed by atoms with Crippen LogP contribution in [0, 0.1) is 0 Å². The number of nitrogens with zero attached hydrogens (tertiary/aromatic N) is 1. The molecule has 0 unspecified atom stereocenters. The van der Waals surface area contributed by atoms with Crippen molar-refractivity contribution in [2.75, 3.05) is 78.7 Å². The van der Waals surface area contributed by atoms with Gasteiger partial charge < -0.3 is 50.7 Å². The monoisotopic (exact) mass is 619 g/mol. The zero-order chi connectivity index (χ0) is 30.6. The van der Waals surface area contributed by atoms with Crippen molar-refractivity contribution in [3.05, 3.63) is 0 Å². The van der Waals surface area contributed by atoms with Gasteiger partial charge in [-0.05, 0) is 38.6 Å². The summed E-state index contributed by atoms with van der Waals surface area (Å²) in [6, 6.07) is -0.695. The molecule has 0 aromatic rings. The molecule has 0 aromatic carbocycles.